The molecule has 0 radical (unpaired) electrons. The fraction of sp³-hybridized carbons (Fsp3) is 0.0182. The standard InChI is InChI=1S/C55H40N2/c1-5-23-43(24-6-1)56(44-25-7-2-8-26-44)47-31-19-21-41(39-47)55(42-22-20-32-48(40-42)57(45-27-9-3-10-28-45)46-29-11-4-12-30-46)53-37-17-15-35-51(53)49-33-13-14-34-50(49)52-36-16-18-38-54(52)55/h1-40H. The van der Waals surface area contributed by atoms with Crippen LogP contribution < -0.4 is 9.80 Å². The number of benzene rings is 9. The molecule has 0 heterocycles. The summed E-state index contributed by atoms with van der Waals surface area (Å²) in [6.45, 7) is 0. The van der Waals surface area contributed by atoms with Crippen molar-refractivity contribution in [1.82, 2.24) is 0 Å². The van der Waals surface area contributed by atoms with E-state index in [0.717, 1.165) is 34.1 Å². The molecule has 0 amide bonds. The molecule has 9 aromatic rings. The molecule has 0 fully saturated rings. The zero-order valence-corrected chi connectivity index (χ0v) is 31.5. The van der Waals surface area contributed by atoms with Gasteiger partial charge in [0.25, 0.3) is 0 Å². The minimum atomic E-state index is -0.726. The minimum Gasteiger partial charge on any atom is -0.310 e. The molecule has 1 aliphatic rings. The number of para-hydroxylation sites is 4. The Morgan fingerprint density at radius 1 is 0.228 bits per heavy atom. The smallest absolute Gasteiger partial charge is 0.0715 e. The van der Waals surface area contributed by atoms with Crippen molar-refractivity contribution in [1.29, 1.82) is 0 Å². The van der Waals surface area contributed by atoms with E-state index in [-0.39, 0.29) is 0 Å². The summed E-state index contributed by atoms with van der Waals surface area (Å²) in [6, 6.07) is 88.2. The van der Waals surface area contributed by atoms with Gasteiger partial charge in [0.1, 0.15) is 0 Å². The first-order valence-corrected chi connectivity index (χ1v) is 19.6. The molecule has 2 nitrogen and oxygen atoms in total. The third kappa shape index (κ3) is 5.91. The highest BCUT2D eigenvalue weighted by Gasteiger charge is 2.44. The van der Waals surface area contributed by atoms with Gasteiger partial charge in [-0.25, -0.2) is 0 Å². The van der Waals surface area contributed by atoms with E-state index in [1.54, 1.807) is 0 Å². The van der Waals surface area contributed by atoms with Crippen molar-refractivity contribution < 1.29 is 0 Å². The minimum absolute atomic E-state index is 0.726. The number of anilines is 6. The maximum atomic E-state index is 2.42. The quantitative estimate of drug-likeness (QED) is 0.154. The van der Waals surface area contributed by atoms with Crippen molar-refractivity contribution in [2.75, 3.05) is 9.80 Å². The van der Waals surface area contributed by atoms with E-state index in [2.05, 4.69) is 252 Å². The maximum absolute atomic E-state index is 2.42. The highest BCUT2D eigenvalue weighted by atomic mass is 15.1. The van der Waals surface area contributed by atoms with Crippen LogP contribution in [0.25, 0.3) is 22.3 Å². The Bertz CT molecular complexity index is 2520. The van der Waals surface area contributed by atoms with E-state index in [9.17, 15) is 0 Å². The Kier molecular flexibility index (Phi) is 8.78. The van der Waals surface area contributed by atoms with Gasteiger partial charge in [-0.1, -0.05) is 170 Å². The lowest BCUT2D eigenvalue weighted by atomic mass is 9.63. The first kappa shape index (κ1) is 34.1. The fourth-order valence-corrected chi connectivity index (χ4v) is 8.94. The highest BCUT2D eigenvalue weighted by molar-refractivity contribution is 5.93. The first-order valence-electron chi connectivity index (χ1n) is 19.6. The first-order chi connectivity index (χ1) is 28.3. The lowest BCUT2D eigenvalue weighted by Gasteiger charge is -2.39. The summed E-state index contributed by atoms with van der Waals surface area (Å²) in [5, 5.41) is 0. The summed E-state index contributed by atoms with van der Waals surface area (Å²) >= 11 is 0. The van der Waals surface area contributed by atoms with E-state index in [1.165, 1.54) is 44.5 Å². The van der Waals surface area contributed by atoms with Crippen LogP contribution >= 0.6 is 0 Å². The van der Waals surface area contributed by atoms with Crippen molar-refractivity contribution in [3.05, 3.63) is 265 Å². The maximum Gasteiger partial charge on any atom is 0.0715 e. The molecular weight excluding hydrogens is 689 g/mol. The van der Waals surface area contributed by atoms with Crippen LogP contribution in [0.2, 0.25) is 0 Å². The molecule has 0 spiro atoms. The van der Waals surface area contributed by atoms with Crippen LogP contribution in [0.15, 0.2) is 243 Å². The second kappa shape index (κ2) is 14.7. The molecular formula is C55H40N2. The average Bonchev–Trinajstić information content (AvgIpc) is 3.40. The van der Waals surface area contributed by atoms with Crippen LogP contribution in [0.5, 0.6) is 0 Å². The third-order valence-corrected chi connectivity index (χ3v) is 11.3. The zero-order chi connectivity index (χ0) is 38.0. The van der Waals surface area contributed by atoms with E-state index in [4.69, 9.17) is 0 Å². The van der Waals surface area contributed by atoms with Crippen molar-refractivity contribution in [3.63, 3.8) is 0 Å². The van der Waals surface area contributed by atoms with Crippen LogP contribution in [-0.2, 0) is 5.41 Å². The summed E-state index contributed by atoms with van der Waals surface area (Å²) in [5.41, 5.74) is 15.7. The van der Waals surface area contributed by atoms with Gasteiger partial charge in [-0.3, -0.25) is 0 Å². The monoisotopic (exact) mass is 728 g/mol. The van der Waals surface area contributed by atoms with E-state index < -0.39 is 5.41 Å². The molecule has 9 aromatic carbocycles. The van der Waals surface area contributed by atoms with Gasteiger partial charge in [0.15, 0.2) is 0 Å². The Labute approximate surface area is 335 Å². The summed E-state index contributed by atoms with van der Waals surface area (Å²) in [5.74, 6) is 0. The molecule has 0 aliphatic heterocycles. The van der Waals surface area contributed by atoms with E-state index >= 15 is 0 Å². The number of fused-ring (bicyclic) bond motifs is 5. The van der Waals surface area contributed by atoms with Crippen LogP contribution in [0.1, 0.15) is 22.3 Å². The molecule has 270 valence electrons. The number of nitrogens with zero attached hydrogens (tertiary/aromatic N) is 2. The van der Waals surface area contributed by atoms with E-state index in [1.807, 2.05) is 0 Å². The average molecular weight is 729 g/mol. The molecule has 0 saturated heterocycles. The normalized spacial score (nSPS) is 12.4. The van der Waals surface area contributed by atoms with Crippen LogP contribution in [0.4, 0.5) is 34.1 Å². The fourth-order valence-electron chi connectivity index (χ4n) is 8.94. The van der Waals surface area contributed by atoms with Crippen LogP contribution in [-0.4, -0.2) is 0 Å². The largest absolute Gasteiger partial charge is 0.310 e. The summed E-state index contributed by atoms with van der Waals surface area (Å²) in [6.07, 6.45) is 0. The van der Waals surface area contributed by atoms with Crippen molar-refractivity contribution in [2.24, 2.45) is 0 Å². The second-order valence-electron chi connectivity index (χ2n) is 14.5. The number of hydrogen-bond donors (Lipinski definition) is 0. The Morgan fingerprint density at radius 2 is 0.509 bits per heavy atom. The van der Waals surface area contributed by atoms with E-state index in [0.29, 0.717) is 0 Å². The van der Waals surface area contributed by atoms with Crippen molar-refractivity contribution in [3.8, 4) is 22.3 Å². The molecule has 0 aromatic heterocycles. The van der Waals surface area contributed by atoms with Gasteiger partial charge in [0.05, 0.1) is 5.41 Å². The molecule has 1 aliphatic carbocycles. The van der Waals surface area contributed by atoms with Crippen LogP contribution in [0, 0.1) is 0 Å². The Hall–Kier alpha value is -7.42. The summed E-state index contributed by atoms with van der Waals surface area (Å²) in [7, 11) is 0. The SMILES string of the molecule is c1ccc(N(c2ccccc2)c2cccc(C3(c4cccc(N(c5ccccc5)c5ccccc5)c4)c4ccccc4-c4ccccc4-c4ccccc43)c2)cc1. The van der Waals surface area contributed by atoms with Crippen LogP contribution in [0.3, 0.4) is 0 Å². The van der Waals surface area contributed by atoms with Crippen molar-refractivity contribution in [2.45, 2.75) is 5.41 Å². The van der Waals surface area contributed by atoms with Gasteiger partial charge < -0.3 is 9.80 Å². The lowest BCUT2D eigenvalue weighted by molar-refractivity contribution is 0.751. The van der Waals surface area contributed by atoms with Gasteiger partial charge >= 0.3 is 0 Å². The zero-order valence-electron chi connectivity index (χ0n) is 31.5. The van der Waals surface area contributed by atoms with Gasteiger partial charge in [-0.15, -0.1) is 0 Å². The Balaban J connectivity index is 1.31. The molecule has 0 unspecified atom stereocenters. The summed E-state index contributed by atoms with van der Waals surface area (Å²) < 4.78 is 0. The third-order valence-electron chi connectivity index (χ3n) is 11.3. The molecule has 57 heavy (non-hydrogen) atoms. The Morgan fingerprint density at radius 3 is 0.860 bits per heavy atom. The van der Waals surface area contributed by atoms with Gasteiger partial charge in [-0.05, 0) is 117 Å². The van der Waals surface area contributed by atoms with Crippen molar-refractivity contribution >= 4 is 34.1 Å². The molecule has 10 rings (SSSR count). The van der Waals surface area contributed by atoms with Gasteiger partial charge in [0, 0.05) is 34.1 Å². The second-order valence-corrected chi connectivity index (χ2v) is 14.5. The molecule has 0 atom stereocenters. The number of rotatable bonds is 8. The summed E-state index contributed by atoms with van der Waals surface area (Å²) in [4.78, 5) is 4.73. The molecule has 0 N–H and O–H groups in total. The van der Waals surface area contributed by atoms with Gasteiger partial charge in [-0.2, -0.15) is 0 Å². The molecule has 2 heteroatoms. The number of hydrogen-bond acceptors (Lipinski definition) is 2. The van der Waals surface area contributed by atoms with Gasteiger partial charge in [0.2, 0.25) is 0 Å². The topological polar surface area (TPSA) is 6.48 Å². The molecule has 0 bridgehead atoms. The molecule has 0 saturated carbocycles. The lowest BCUT2D eigenvalue weighted by Crippen LogP contribution is -2.32. The highest BCUT2D eigenvalue weighted by Crippen LogP contribution is 2.56. The predicted octanol–water partition coefficient (Wildman–Crippen LogP) is 14.7. The predicted molar refractivity (Wildman–Crippen MR) is 239 cm³/mol.